The van der Waals surface area contributed by atoms with Gasteiger partial charge in [-0.15, -0.1) is 0 Å². The van der Waals surface area contributed by atoms with Gasteiger partial charge in [0.2, 0.25) is 0 Å². The summed E-state index contributed by atoms with van der Waals surface area (Å²) < 4.78 is 26.1. The highest BCUT2D eigenvalue weighted by molar-refractivity contribution is 7.89. The zero-order chi connectivity index (χ0) is 21.2. The minimum Gasteiger partial charge on any atom is -0.384 e. The Hall–Kier alpha value is -3.71. The monoisotopic (exact) mass is 410 g/mol. The van der Waals surface area contributed by atoms with Crippen LogP contribution in [0.2, 0.25) is 0 Å². The van der Waals surface area contributed by atoms with Crippen molar-refractivity contribution in [1.82, 2.24) is 19.5 Å². The van der Waals surface area contributed by atoms with Gasteiger partial charge in [0, 0.05) is 12.2 Å². The standard InChI is InChI=1S/C19H18N6O3S/c1-12-6-18(21)24-13(2)17(12)10-22-19(26)15-9-23-25(11-15)29(27,28)16-5-3-4-14(7-16)8-20/h3-7,9,11H,10H2,1-2H3,(H2,21,24)(H,22,26). The van der Waals surface area contributed by atoms with Crippen LogP contribution >= 0.6 is 0 Å². The number of benzene rings is 1. The second-order valence-electron chi connectivity index (χ2n) is 6.36. The van der Waals surface area contributed by atoms with E-state index in [-0.39, 0.29) is 22.6 Å². The lowest BCUT2D eigenvalue weighted by Gasteiger charge is -2.11. The molecular weight excluding hydrogens is 392 g/mol. The van der Waals surface area contributed by atoms with E-state index >= 15 is 0 Å². The van der Waals surface area contributed by atoms with Gasteiger partial charge in [-0.3, -0.25) is 4.79 Å². The van der Waals surface area contributed by atoms with Crippen LogP contribution in [-0.4, -0.2) is 28.5 Å². The number of nitriles is 1. The lowest BCUT2D eigenvalue weighted by atomic mass is 10.1. The third kappa shape index (κ3) is 4.09. The molecule has 0 saturated heterocycles. The Kier molecular flexibility index (Phi) is 5.34. The molecule has 1 aromatic carbocycles. The molecule has 148 valence electrons. The fourth-order valence-corrected chi connectivity index (χ4v) is 3.98. The van der Waals surface area contributed by atoms with E-state index in [1.807, 2.05) is 13.0 Å². The molecule has 0 spiro atoms. The van der Waals surface area contributed by atoms with Crippen molar-refractivity contribution in [2.75, 3.05) is 5.73 Å². The minimum absolute atomic E-state index is 0.0868. The predicted molar refractivity (Wildman–Crippen MR) is 105 cm³/mol. The van der Waals surface area contributed by atoms with Crippen molar-refractivity contribution in [2.45, 2.75) is 25.3 Å². The maximum atomic E-state index is 12.7. The lowest BCUT2D eigenvalue weighted by molar-refractivity contribution is 0.0951. The molecule has 29 heavy (non-hydrogen) atoms. The summed E-state index contributed by atoms with van der Waals surface area (Å²) in [6.45, 7) is 3.88. The Bertz CT molecular complexity index is 1220. The third-order valence-electron chi connectivity index (χ3n) is 4.33. The number of pyridine rings is 1. The first-order valence-corrected chi connectivity index (χ1v) is 9.97. The molecule has 3 aromatic rings. The minimum atomic E-state index is -4.02. The summed E-state index contributed by atoms with van der Waals surface area (Å²) in [7, 11) is -4.02. The number of rotatable bonds is 5. The molecule has 2 heterocycles. The van der Waals surface area contributed by atoms with Crippen LogP contribution in [0.4, 0.5) is 5.82 Å². The topological polar surface area (TPSA) is 144 Å². The fraction of sp³-hybridized carbons (Fsp3) is 0.158. The molecule has 0 radical (unpaired) electrons. The molecule has 9 nitrogen and oxygen atoms in total. The van der Waals surface area contributed by atoms with E-state index in [9.17, 15) is 13.2 Å². The molecule has 2 aromatic heterocycles. The van der Waals surface area contributed by atoms with Crippen LogP contribution < -0.4 is 11.1 Å². The first kappa shape index (κ1) is 20.0. The third-order valence-corrected chi connectivity index (χ3v) is 5.87. The molecule has 0 unspecified atom stereocenters. The normalized spacial score (nSPS) is 11.1. The number of nitrogens with zero attached hydrogens (tertiary/aromatic N) is 4. The van der Waals surface area contributed by atoms with Gasteiger partial charge in [0.15, 0.2) is 0 Å². The Morgan fingerprint density at radius 1 is 1.31 bits per heavy atom. The molecular formula is C19H18N6O3S. The number of hydrogen-bond acceptors (Lipinski definition) is 7. The van der Waals surface area contributed by atoms with Gasteiger partial charge in [0.25, 0.3) is 15.9 Å². The highest BCUT2D eigenvalue weighted by atomic mass is 32.2. The van der Waals surface area contributed by atoms with Crippen LogP contribution in [0.1, 0.15) is 32.7 Å². The number of anilines is 1. The van der Waals surface area contributed by atoms with Gasteiger partial charge < -0.3 is 11.1 Å². The van der Waals surface area contributed by atoms with Gasteiger partial charge in [0.05, 0.1) is 34.5 Å². The van der Waals surface area contributed by atoms with E-state index < -0.39 is 15.9 Å². The van der Waals surface area contributed by atoms with Crippen molar-refractivity contribution in [2.24, 2.45) is 0 Å². The number of nitrogen functional groups attached to an aromatic ring is 1. The largest absolute Gasteiger partial charge is 0.384 e. The molecule has 0 aliphatic rings. The molecule has 3 rings (SSSR count). The second kappa shape index (κ2) is 7.73. The second-order valence-corrected chi connectivity index (χ2v) is 8.15. The van der Waals surface area contributed by atoms with Gasteiger partial charge in [0.1, 0.15) is 5.82 Å². The van der Waals surface area contributed by atoms with E-state index in [0.717, 1.165) is 17.3 Å². The maximum Gasteiger partial charge on any atom is 0.283 e. The van der Waals surface area contributed by atoms with Gasteiger partial charge >= 0.3 is 0 Å². The molecule has 0 fully saturated rings. The number of amides is 1. The molecule has 0 saturated carbocycles. The van der Waals surface area contributed by atoms with Crippen molar-refractivity contribution in [3.63, 3.8) is 0 Å². The molecule has 0 atom stereocenters. The molecule has 0 aliphatic heterocycles. The number of carbonyl (C=O) groups is 1. The van der Waals surface area contributed by atoms with E-state index in [1.54, 1.807) is 13.0 Å². The number of nitrogens with one attached hydrogen (secondary N) is 1. The fourth-order valence-electron chi connectivity index (χ4n) is 2.81. The van der Waals surface area contributed by atoms with Crippen molar-refractivity contribution in [3.05, 3.63) is 70.7 Å². The average molecular weight is 410 g/mol. The quantitative estimate of drug-likeness (QED) is 0.649. The van der Waals surface area contributed by atoms with E-state index in [0.29, 0.717) is 15.6 Å². The van der Waals surface area contributed by atoms with E-state index in [2.05, 4.69) is 15.4 Å². The van der Waals surface area contributed by atoms with Crippen LogP contribution in [0.25, 0.3) is 0 Å². The summed E-state index contributed by atoms with van der Waals surface area (Å²) in [5.74, 6) is -0.0742. The average Bonchev–Trinajstić information content (AvgIpc) is 3.18. The Morgan fingerprint density at radius 3 is 2.76 bits per heavy atom. The van der Waals surface area contributed by atoms with Crippen LogP contribution in [0, 0.1) is 25.2 Å². The van der Waals surface area contributed by atoms with Gasteiger partial charge in [-0.2, -0.15) is 22.9 Å². The zero-order valence-electron chi connectivity index (χ0n) is 15.7. The van der Waals surface area contributed by atoms with Crippen molar-refractivity contribution in [3.8, 4) is 6.07 Å². The Morgan fingerprint density at radius 2 is 2.07 bits per heavy atom. The summed E-state index contributed by atoms with van der Waals surface area (Å²) in [6.07, 6.45) is 2.30. The van der Waals surface area contributed by atoms with Gasteiger partial charge in [-0.05, 0) is 49.2 Å². The van der Waals surface area contributed by atoms with E-state index in [1.165, 1.54) is 30.5 Å². The molecule has 0 aliphatic carbocycles. The predicted octanol–water partition coefficient (Wildman–Crippen LogP) is 1.52. The van der Waals surface area contributed by atoms with Gasteiger partial charge in [-0.1, -0.05) is 6.07 Å². The maximum absolute atomic E-state index is 12.7. The SMILES string of the molecule is Cc1cc(N)nc(C)c1CNC(=O)c1cnn(S(=O)(=O)c2cccc(C#N)c2)c1. The highest BCUT2D eigenvalue weighted by Crippen LogP contribution is 2.16. The molecule has 0 bridgehead atoms. The zero-order valence-corrected chi connectivity index (χ0v) is 16.6. The summed E-state index contributed by atoms with van der Waals surface area (Å²) in [5.41, 5.74) is 8.43. The van der Waals surface area contributed by atoms with Crippen LogP contribution in [-0.2, 0) is 16.6 Å². The molecule has 3 N–H and O–H groups in total. The number of nitrogens with two attached hydrogens (primary N) is 1. The van der Waals surface area contributed by atoms with E-state index in [4.69, 9.17) is 11.0 Å². The number of aromatic nitrogens is 3. The van der Waals surface area contributed by atoms with Crippen LogP contribution in [0.3, 0.4) is 0 Å². The summed E-state index contributed by atoms with van der Waals surface area (Å²) in [6, 6.07) is 9.17. The number of aryl methyl sites for hydroxylation is 2. The molecule has 10 heteroatoms. The summed E-state index contributed by atoms with van der Waals surface area (Å²) >= 11 is 0. The Labute approximate surface area is 167 Å². The number of carbonyl (C=O) groups excluding carboxylic acids is 1. The highest BCUT2D eigenvalue weighted by Gasteiger charge is 2.20. The first-order chi connectivity index (χ1) is 13.7. The van der Waals surface area contributed by atoms with Crippen molar-refractivity contribution in [1.29, 1.82) is 5.26 Å². The van der Waals surface area contributed by atoms with Crippen LogP contribution in [0.15, 0.2) is 47.6 Å². The summed E-state index contributed by atoms with van der Waals surface area (Å²) in [5, 5.41) is 15.5. The van der Waals surface area contributed by atoms with Crippen molar-refractivity contribution >= 4 is 21.7 Å². The van der Waals surface area contributed by atoms with Crippen molar-refractivity contribution < 1.29 is 13.2 Å². The lowest BCUT2D eigenvalue weighted by Crippen LogP contribution is -2.24. The smallest absolute Gasteiger partial charge is 0.283 e. The summed E-state index contributed by atoms with van der Waals surface area (Å²) in [4.78, 5) is 16.5. The molecule has 1 amide bonds. The van der Waals surface area contributed by atoms with Crippen LogP contribution in [0.5, 0.6) is 0 Å². The first-order valence-electron chi connectivity index (χ1n) is 8.53. The Balaban J connectivity index is 1.79. The van der Waals surface area contributed by atoms with Gasteiger partial charge in [-0.25, -0.2) is 4.98 Å². The number of hydrogen-bond donors (Lipinski definition) is 2.